The molecular formula is C17H21N3O2. The first kappa shape index (κ1) is 13.6. The Morgan fingerprint density at radius 3 is 2.91 bits per heavy atom. The molecular weight excluding hydrogens is 278 g/mol. The highest BCUT2D eigenvalue weighted by Crippen LogP contribution is 2.42. The van der Waals surface area contributed by atoms with Gasteiger partial charge in [0.1, 0.15) is 18.0 Å². The van der Waals surface area contributed by atoms with E-state index in [0.717, 1.165) is 29.6 Å². The molecule has 0 unspecified atom stereocenters. The molecule has 116 valence electrons. The quantitative estimate of drug-likeness (QED) is 0.871. The zero-order valence-electron chi connectivity index (χ0n) is 13.3. The molecule has 1 saturated carbocycles. The van der Waals surface area contributed by atoms with E-state index in [1.807, 2.05) is 19.2 Å². The summed E-state index contributed by atoms with van der Waals surface area (Å²) in [4.78, 5) is 0. The van der Waals surface area contributed by atoms with E-state index in [2.05, 4.69) is 34.7 Å². The number of benzene rings is 1. The largest absolute Gasteiger partial charge is 0.483 e. The van der Waals surface area contributed by atoms with Crippen molar-refractivity contribution in [2.24, 2.45) is 7.05 Å². The standard InChI is InChI=1S/C17H21N3O2/c1-17(2)9-12-5-4-6-13(15(12)22-17)21-10-14-18-19-16(20(14)3)11-7-8-11/h4-6,11H,7-10H2,1-3H3. The molecule has 0 atom stereocenters. The topological polar surface area (TPSA) is 49.2 Å². The van der Waals surface area contributed by atoms with Crippen molar-refractivity contribution >= 4 is 0 Å². The fourth-order valence-electron chi connectivity index (χ4n) is 3.04. The zero-order valence-corrected chi connectivity index (χ0v) is 13.3. The van der Waals surface area contributed by atoms with Gasteiger partial charge >= 0.3 is 0 Å². The van der Waals surface area contributed by atoms with Crippen LogP contribution in [-0.4, -0.2) is 20.4 Å². The van der Waals surface area contributed by atoms with Gasteiger partial charge < -0.3 is 14.0 Å². The lowest BCUT2D eigenvalue weighted by Gasteiger charge is -2.18. The Morgan fingerprint density at radius 2 is 2.14 bits per heavy atom. The lowest BCUT2D eigenvalue weighted by molar-refractivity contribution is 0.131. The normalized spacial score (nSPS) is 18.9. The maximum Gasteiger partial charge on any atom is 0.170 e. The summed E-state index contributed by atoms with van der Waals surface area (Å²) in [6, 6.07) is 6.08. The SMILES string of the molecule is Cn1c(COc2cccc3c2OC(C)(C)C3)nnc1C1CC1. The molecule has 1 aliphatic carbocycles. The molecule has 1 aromatic heterocycles. The highest BCUT2D eigenvalue weighted by molar-refractivity contribution is 5.50. The van der Waals surface area contributed by atoms with Crippen LogP contribution in [0.5, 0.6) is 11.5 Å². The van der Waals surface area contributed by atoms with E-state index in [1.165, 1.54) is 18.4 Å². The molecule has 0 radical (unpaired) electrons. The van der Waals surface area contributed by atoms with Gasteiger partial charge in [0.05, 0.1) is 0 Å². The first-order chi connectivity index (χ1) is 10.5. The number of hydrogen-bond donors (Lipinski definition) is 0. The van der Waals surface area contributed by atoms with Gasteiger partial charge in [0.2, 0.25) is 0 Å². The second kappa shape index (κ2) is 4.73. The minimum Gasteiger partial charge on any atom is -0.483 e. The Morgan fingerprint density at radius 1 is 1.32 bits per heavy atom. The molecule has 0 N–H and O–H groups in total. The van der Waals surface area contributed by atoms with E-state index in [9.17, 15) is 0 Å². The minimum atomic E-state index is -0.161. The van der Waals surface area contributed by atoms with Crippen LogP contribution in [0, 0.1) is 0 Å². The number of rotatable bonds is 4. The van der Waals surface area contributed by atoms with Crippen LogP contribution in [0.15, 0.2) is 18.2 Å². The number of fused-ring (bicyclic) bond motifs is 1. The van der Waals surface area contributed by atoms with Gasteiger partial charge in [0.25, 0.3) is 0 Å². The van der Waals surface area contributed by atoms with Crippen LogP contribution in [0.4, 0.5) is 0 Å². The van der Waals surface area contributed by atoms with Crippen molar-refractivity contribution in [3.05, 3.63) is 35.4 Å². The van der Waals surface area contributed by atoms with Gasteiger partial charge in [-0.15, -0.1) is 10.2 Å². The lowest BCUT2D eigenvalue weighted by Crippen LogP contribution is -2.24. The van der Waals surface area contributed by atoms with Gasteiger partial charge in [0.15, 0.2) is 17.3 Å². The van der Waals surface area contributed by atoms with Gasteiger partial charge in [-0.1, -0.05) is 12.1 Å². The molecule has 4 rings (SSSR count). The van der Waals surface area contributed by atoms with Crippen LogP contribution in [0.3, 0.4) is 0 Å². The zero-order chi connectivity index (χ0) is 15.3. The van der Waals surface area contributed by atoms with Crippen molar-refractivity contribution in [2.45, 2.75) is 51.2 Å². The smallest absolute Gasteiger partial charge is 0.170 e. The van der Waals surface area contributed by atoms with Crippen LogP contribution in [-0.2, 0) is 20.1 Å². The van der Waals surface area contributed by atoms with Crippen molar-refractivity contribution < 1.29 is 9.47 Å². The highest BCUT2D eigenvalue weighted by atomic mass is 16.5. The Bertz CT molecular complexity index is 717. The Labute approximate surface area is 130 Å². The maximum atomic E-state index is 6.03. The summed E-state index contributed by atoms with van der Waals surface area (Å²) in [5, 5.41) is 8.55. The van der Waals surface area contributed by atoms with Crippen LogP contribution in [0.2, 0.25) is 0 Å². The Hall–Kier alpha value is -2.04. The van der Waals surface area contributed by atoms with Crippen LogP contribution in [0.1, 0.15) is 49.8 Å². The summed E-state index contributed by atoms with van der Waals surface area (Å²) in [5.74, 6) is 4.19. The number of ether oxygens (including phenoxy) is 2. The van der Waals surface area contributed by atoms with E-state index in [0.29, 0.717) is 12.5 Å². The summed E-state index contributed by atoms with van der Waals surface area (Å²) in [5.41, 5.74) is 1.05. The monoisotopic (exact) mass is 299 g/mol. The molecule has 5 heteroatoms. The molecule has 1 aliphatic heterocycles. The fourth-order valence-corrected chi connectivity index (χ4v) is 3.04. The van der Waals surface area contributed by atoms with Gasteiger partial charge in [-0.25, -0.2) is 0 Å². The summed E-state index contributed by atoms with van der Waals surface area (Å²) in [6.45, 7) is 4.61. The van der Waals surface area contributed by atoms with E-state index in [1.54, 1.807) is 0 Å². The predicted octanol–water partition coefficient (Wildman–Crippen LogP) is 2.99. The lowest BCUT2D eigenvalue weighted by atomic mass is 10.0. The molecule has 1 fully saturated rings. The number of hydrogen-bond acceptors (Lipinski definition) is 4. The van der Waals surface area contributed by atoms with Gasteiger partial charge in [0, 0.05) is 24.9 Å². The average molecular weight is 299 g/mol. The third-order valence-electron chi connectivity index (χ3n) is 4.35. The van der Waals surface area contributed by atoms with E-state index >= 15 is 0 Å². The molecule has 0 saturated heterocycles. The Kier molecular flexibility index (Phi) is 2.93. The first-order valence-electron chi connectivity index (χ1n) is 7.85. The molecule has 5 nitrogen and oxygen atoms in total. The van der Waals surface area contributed by atoms with Gasteiger partial charge in [-0.2, -0.15) is 0 Å². The van der Waals surface area contributed by atoms with Crippen LogP contribution >= 0.6 is 0 Å². The second-order valence-electron chi connectivity index (χ2n) is 6.88. The molecule has 22 heavy (non-hydrogen) atoms. The fraction of sp³-hybridized carbons (Fsp3) is 0.529. The molecule has 0 amide bonds. The predicted molar refractivity (Wildman–Crippen MR) is 82.2 cm³/mol. The number of para-hydroxylation sites is 1. The molecule has 0 bridgehead atoms. The second-order valence-corrected chi connectivity index (χ2v) is 6.88. The summed E-state index contributed by atoms with van der Waals surface area (Å²) >= 11 is 0. The van der Waals surface area contributed by atoms with Gasteiger partial charge in [-0.3, -0.25) is 0 Å². The first-order valence-corrected chi connectivity index (χ1v) is 7.85. The van der Waals surface area contributed by atoms with Crippen LogP contribution in [0.25, 0.3) is 0 Å². The van der Waals surface area contributed by atoms with Crippen molar-refractivity contribution in [3.8, 4) is 11.5 Å². The summed E-state index contributed by atoms with van der Waals surface area (Å²) in [6.07, 6.45) is 3.36. The molecule has 2 aliphatic rings. The van der Waals surface area contributed by atoms with E-state index in [4.69, 9.17) is 9.47 Å². The number of aromatic nitrogens is 3. The minimum absolute atomic E-state index is 0.161. The summed E-state index contributed by atoms with van der Waals surface area (Å²) < 4.78 is 14.1. The van der Waals surface area contributed by atoms with Crippen molar-refractivity contribution in [3.63, 3.8) is 0 Å². The third-order valence-corrected chi connectivity index (χ3v) is 4.35. The Balaban J connectivity index is 1.52. The van der Waals surface area contributed by atoms with Crippen LogP contribution < -0.4 is 9.47 Å². The third kappa shape index (κ3) is 2.34. The maximum absolute atomic E-state index is 6.03. The molecule has 1 aromatic carbocycles. The van der Waals surface area contributed by atoms with Crippen molar-refractivity contribution in [2.75, 3.05) is 0 Å². The average Bonchev–Trinajstić information content (AvgIpc) is 3.16. The molecule has 0 spiro atoms. The number of nitrogens with zero attached hydrogens (tertiary/aromatic N) is 3. The summed E-state index contributed by atoms with van der Waals surface area (Å²) in [7, 11) is 2.02. The highest BCUT2D eigenvalue weighted by Gasteiger charge is 2.32. The van der Waals surface area contributed by atoms with Gasteiger partial charge in [-0.05, 0) is 32.8 Å². The molecule has 2 aromatic rings. The van der Waals surface area contributed by atoms with E-state index < -0.39 is 0 Å². The van der Waals surface area contributed by atoms with E-state index in [-0.39, 0.29) is 5.60 Å². The van der Waals surface area contributed by atoms with Crippen molar-refractivity contribution in [1.29, 1.82) is 0 Å². The van der Waals surface area contributed by atoms with Crippen molar-refractivity contribution in [1.82, 2.24) is 14.8 Å². The molecule has 2 heterocycles.